The Morgan fingerprint density at radius 2 is 1.95 bits per heavy atom. The molecule has 19 heavy (non-hydrogen) atoms. The average molecular weight is 296 g/mol. The van der Waals surface area contributed by atoms with Gasteiger partial charge in [-0.1, -0.05) is 0 Å². The maximum absolute atomic E-state index is 12.4. The Bertz CT molecular complexity index is 556. The number of nitrogens with two attached hydrogens (primary N) is 1. The summed E-state index contributed by atoms with van der Waals surface area (Å²) in [6.07, 6.45) is -3.37. The predicted octanol–water partition coefficient (Wildman–Crippen LogP) is 2.13. The quantitative estimate of drug-likeness (QED) is 0.835. The Morgan fingerprint density at radius 3 is 2.37 bits per heavy atom. The van der Waals surface area contributed by atoms with Gasteiger partial charge in [0.2, 0.25) is 0 Å². The van der Waals surface area contributed by atoms with Gasteiger partial charge in [0.15, 0.2) is 0 Å². The van der Waals surface area contributed by atoms with Gasteiger partial charge in [-0.15, -0.1) is 0 Å². The molecular formula is C11H15F3N2O2S. The first-order valence-corrected chi connectivity index (χ1v) is 7.46. The molecule has 3 N–H and O–H groups in total. The largest absolute Gasteiger partial charge is 0.416 e. The van der Waals surface area contributed by atoms with E-state index < -0.39 is 27.6 Å². The standard InChI is InChI=1S/C11H15F3N2O2S/c1-7(6-19(2,17)18)16-10-4-3-8(5-9(10)15)11(12,13)14/h3-5,7,16H,6,15H2,1-2H3. The van der Waals surface area contributed by atoms with Crippen molar-refractivity contribution in [2.24, 2.45) is 0 Å². The summed E-state index contributed by atoms with van der Waals surface area (Å²) < 4.78 is 59.5. The van der Waals surface area contributed by atoms with E-state index in [0.717, 1.165) is 18.4 Å². The molecule has 0 heterocycles. The molecule has 0 saturated heterocycles. The summed E-state index contributed by atoms with van der Waals surface area (Å²) in [5.41, 5.74) is 4.88. The molecule has 1 rings (SSSR count). The van der Waals surface area contributed by atoms with Gasteiger partial charge in [-0.05, 0) is 25.1 Å². The van der Waals surface area contributed by atoms with E-state index in [4.69, 9.17) is 5.73 Å². The molecule has 0 bridgehead atoms. The Balaban J connectivity index is 2.87. The first kappa shape index (κ1) is 15.6. The lowest BCUT2D eigenvalue weighted by atomic mass is 10.1. The van der Waals surface area contributed by atoms with Gasteiger partial charge < -0.3 is 11.1 Å². The second-order valence-electron chi connectivity index (χ2n) is 4.44. The zero-order chi connectivity index (χ0) is 14.8. The maximum atomic E-state index is 12.4. The minimum Gasteiger partial charge on any atom is -0.397 e. The number of anilines is 2. The van der Waals surface area contributed by atoms with Gasteiger partial charge in [-0.25, -0.2) is 8.42 Å². The van der Waals surface area contributed by atoms with Crippen molar-refractivity contribution in [3.63, 3.8) is 0 Å². The Labute approximate surface area is 109 Å². The monoisotopic (exact) mass is 296 g/mol. The number of hydrogen-bond donors (Lipinski definition) is 2. The van der Waals surface area contributed by atoms with Crippen molar-refractivity contribution in [1.29, 1.82) is 0 Å². The fourth-order valence-electron chi connectivity index (χ4n) is 1.63. The van der Waals surface area contributed by atoms with E-state index >= 15 is 0 Å². The molecule has 0 saturated carbocycles. The van der Waals surface area contributed by atoms with Crippen LogP contribution in [0.15, 0.2) is 18.2 Å². The van der Waals surface area contributed by atoms with Gasteiger partial charge in [0.1, 0.15) is 9.84 Å². The highest BCUT2D eigenvalue weighted by molar-refractivity contribution is 7.90. The summed E-state index contributed by atoms with van der Waals surface area (Å²) in [6, 6.07) is 2.45. The molecule has 0 spiro atoms. The van der Waals surface area contributed by atoms with Gasteiger partial charge >= 0.3 is 6.18 Å². The molecule has 1 aromatic rings. The molecule has 1 unspecified atom stereocenters. The number of halogens is 3. The Morgan fingerprint density at radius 1 is 1.37 bits per heavy atom. The molecule has 108 valence electrons. The highest BCUT2D eigenvalue weighted by atomic mass is 32.2. The van der Waals surface area contributed by atoms with Crippen LogP contribution in [-0.2, 0) is 16.0 Å². The van der Waals surface area contributed by atoms with Crippen LogP contribution in [0.4, 0.5) is 24.5 Å². The average Bonchev–Trinajstić information content (AvgIpc) is 2.16. The van der Waals surface area contributed by atoms with Gasteiger partial charge in [0.05, 0.1) is 22.7 Å². The third-order valence-corrected chi connectivity index (χ3v) is 3.44. The van der Waals surface area contributed by atoms with Gasteiger partial charge in [0, 0.05) is 12.3 Å². The Hall–Kier alpha value is -1.44. The van der Waals surface area contributed by atoms with Crippen LogP contribution in [0.5, 0.6) is 0 Å². The minimum absolute atomic E-state index is 0.0739. The molecule has 0 aliphatic heterocycles. The van der Waals surface area contributed by atoms with E-state index in [2.05, 4.69) is 5.32 Å². The zero-order valence-corrected chi connectivity index (χ0v) is 11.3. The third-order valence-electron chi connectivity index (χ3n) is 2.33. The third kappa shape index (κ3) is 4.98. The summed E-state index contributed by atoms with van der Waals surface area (Å²) in [5.74, 6) is -0.131. The lowest BCUT2D eigenvalue weighted by Gasteiger charge is -2.17. The SMILES string of the molecule is CC(CS(C)(=O)=O)Nc1ccc(C(F)(F)F)cc1N. The van der Waals surface area contributed by atoms with E-state index in [0.29, 0.717) is 0 Å². The van der Waals surface area contributed by atoms with Gasteiger partial charge in [-0.2, -0.15) is 13.2 Å². The molecule has 8 heteroatoms. The molecule has 4 nitrogen and oxygen atoms in total. The number of hydrogen-bond acceptors (Lipinski definition) is 4. The molecule has 0 radical (unpaired) electrons. The zero-order valence-electron chi connectivity index (χ0n) is 10.5. The lowest BCUT2D eigenvalue weighted by Crippen LogP contribution is -2.25. The number of sulfone groups is 1. The van der Waals surface area contributed by atoms with E-state index in [1.54, 1.807) is 6.92 Å². The van der Waals surface area contributed by atoms with Gasteiger partial charge in [-0.3, -0.25) is 0 Å². The van der Waals surface area contributed by atoms with Crippen molar-refractivity contribution >= 4 is 21.2 Å². The summed E-state index contributed by atoms with van der Waals surface area (Å²) in [5, 5.41) is 2.77. The number of alkyl halides is 3. The van der Waals surface area contributed by atoms with Crippen molar-refractivity contribution < 1.29 is 21.6 Å². The van der Waals surface area contributed by atoms with Crippen LogP contribution in [0.2, 0.25) is 0 Å². The molecule has 1 aromatic carbocycles. The maximum Gasteiger partial charge on any atom is 0.416 e. The number of nitrogens with one attached hydrogen (secondary N) is 1. The first-order valence-electron chi connectivity index (χ1n) is 5.40. The number of benzene rings is 1. The van der Waals surface area contributed by atoms with Gasteiger partial charge in [0.25, 0.3) is 0 Å². The molecule has 0 aliphatic rings. The lowest BCUT2D eigenvalue weighted by molar-refractivity contribution is -0.137. The van der Waals surface area contributed by atoms with E-state index in [-0.39, 0.29) is 17.1 Å². The van der Waals surface area contributed by atoms with Crippen LogP contribution in [0.3, 0.4) is 0 Å². The predicted molar refractivity (Wildman–Crippen MR) is 68.7 cm³/mol. The van der Waals surface area contributed by atoms with E-state index in [9.17, 15) is 21.6 Å². The molecule has 0 aliphatic carbocycles. The molecule has 0 aromatic heterocycles. The van der Waals surface area contributed by atoms with Crippen LogP contribution >= 0.6 is 0 Å². The molecule has 0 amide bonds. The van der Waals surface area contributed by atoms with E-state index in [1.807, 2.05) is 0 Å². The van der Waals surface area contributed by atoms with Crippen LogP contribution in [0.25, 0.3) is 0 Å². The van der Waals surface area contributed by atoms with Crippen molar-refractivity contribution in [3.05, 3.63) is 23.8 Å². The normalized spacial score (nSPS) is 14.2. The Kier molecular flexibility index (Phi) is 4.34. The van der Waals surface area contributed by atoms with Crippen LogP contribution in [0.1, 0.15) is 12.5 Å². The van der Waals surface area contributed by atoms with Crippen molar-refractivity contribution in [2.45, 2.75) is 19.1 Å². The number of rotatable bonds is 4. The van der Waals surface area contributed by atoms with Crippen molar-refractivity contribution in [3.8, 4) is 0 Å². The molecule has 0 fully saturated rings. The summed E-state index contributed by atoms with van der Waals surface area (Å²) >= 11 is 0. The summed E-state index contributed by atoms with van der Waals surface area (Å²) in [6.45, 7) is 1.61. The second-order valence-corrected chi connectivity index (χ2v) is 6.62. The highest BCUT2D eigenvalue weighted by Gasteiger charge is 2.30. The fourth-order valence-corrected chi connectivity index (χ4v) is 2.62. The van der Waals surface area contributed by atoms with Crippen molar-refractivity contribution in [2.75, 3.05) is 23.1 Å². The molecule has 1 atom stereocenters. The van der Waals surface area contributed by atoms with Crippen LogP contribution in [0, 0.1) is 0 Å². The first-order chi connectivity index (χ1) is 8.49. The van der Waals surface area contributed by atoms with Crippen molar-refractivity contribution in [1.82, 2.24) is 0 Å². The van der Waals surface area contributed by atoms with E-state index in [1.165, 1.54) is 6.07 Å². The molecular weight excluding hydrogens is 281 g/mol. The highest BCUT2D eigenvalue weighted by Crippen LogP contribution is 2.32. The summed E-state index contributed by atoms with van der Waals surface area (Å²) in [7, 11) is -3.17. The topological polar surface area (TPSA) is 72.2 Å². The van der Waals surface area contributed by atoms with Crippen LogP contribution in [-0.4, -0.2) is 26.5 Å². The van der Waals surface area contributed by atoms with Crippen LogP contribution < -0.4 is 11.1 Å². The minimum atomic E-state index is -4.45. The second kappa shape index (κ2) is 5.28. The smallest absolute Gasteiger partial charge is 0.397 e. The summed E-state index contributed by atoms with van der Waals surface area (Å²) in [4.78, 5) is 0. The number of nitrogen functional groups attached to an aromatic ring is 1. The fraction of sp³-hybridized carbons (Fsp3) is 0.455.